The van der Waals surface area contributed by atoms with Crippen molar-refractivity contribution in [2.75, 3.05) is 25.0 Å². The van der Waals surface area contributed by atoms with Crippen LogP contribution in [0.15, 0.2) is 36.9 Å². The molecule has 0 aromatic carbocycles. The van der Waals surface area contributed by atoms with Crippen molar-refractivity contribution in [3.63, 3.8) is 0 Å². The molecule has 2 aromatic heterocycles. The summed E-state index contributed by atoms with van der Waals surface area (Å²) >= 11 is 0. The van der Waals surface area contributed by atoms with Gasteiger partial charge in [0.15, 0.2) is 5.69 Å². The largest absolute Gasteiger partial charge is 0.355 e. The van der Waals surface area contributed by atoms with Gasteiger partial charge < -0.3 is 9.80 Å². The normalized spacial score (nSPS) is 25.5. The summed E-state index contributed by atoms with van der Waals surface area (Å²) in [6, 6.07) is 3.88. The topological polar surface area (TPSA) is 75.1 Å². The number of carbonyl (C=O) groups is 1. The molecule has 1 amide bonds. The van der Waals surface area contributed by atoms with Crippen LogP contribution in [0.5, 0.6) is 0 Å². The molecule has 7 heteroatoms. The van der Waals surface area contributed by atoms with Crippen LogP contribution in [0.3, 0.4) is 0 Å². The van der Waals surface area contributed by atoms with Gasteiger partial charge in [0.25, 0.3) is 5.91 Å². The lowest BCUT2D eigenvalue weighted by Crippen LogP contribution is -2.39. The SMILES string of the molecule is CN(c1cnccn1)[C@@H]1CC[C@@H]2CN(C(=O)c3cccnn3)C[C@@H]21. The summed E-state index contributed by atoms with van der Waals surface area (Å²) in [7, 11) is 2.07. The number of hydrogen-bond donors (Lipinski definition) is 0. The van der Waals surface area contributed by atoms with Crippen LogP contribution in [-0.4, -0.2) is 57.2 Å². The first kappa shape index (κ1) is 15.0. The fourth-order valence-corrected chi connectivity index (χ4v) is 4.10. The number of carbonyl (C=O) groups excluding carboxylic acids is 1. The monoisotopic (exact) mass is 324 g/mol. The summed E-state index contributed by atoms with van der Waals surface area (Å²) in [5.41, 5.74) is 0.427. The van der Waals surface area contributed by atoms with Crippen LogP contribution in [-0.2, 0) is 0 Å². The predicted octanol–water partition coefficient (Wildman–Crippen LogP) is 1.25. The third-order valence-corrected chi connectivity index (χ3v) is 5.31. The summed E-state index contributed by atoms with van der Waals surface area (Å²) < 4.78 is 0. The van der Waals surface area contributed by atoms with Gasteiger partial charge in [0.05, 0.1) is 6.20 Å². The van der Waals surface area contributed by atoms with Crippen molar-refractivity contribution < 1.29 is 4.79 Å². The fraction of sp³-hybridized carbons (Fsp3) is 0.471. The zero-order chi connectivity index (χ0) is 16.5. The molecule has 1 saturated heterocycles. The molecule has 1 aliphatic carbocycles. The molecule has 1 saturated carbocycles. The third kappa shape index (κ3) is 2.60. The Morgan fingerprint density at radius 1 is 1.25 bits per heavy atom. The van der Waals surface area contributed by atoms with Crippen LogP contribution >= 0.6 is 0 Å². The van der Waals surface area contributed by atoms with Crippen molar-refractivity contribution >= 4 is 11.7 Å². The number of fused-ring (bicyclic) bond motifs is 1. The van der Waals surface area contributed by atoms with Gasteiger partial charge in [-0.05, 0) is 30.9 Å². The average Bonchev–Trinajstić information content (AvgIpc) is 3.22. The molecule has 2 fully saturated rings. The highest BCUT2D eigenvalue weighted by Crippen LogP contribution is 2.41. The van der Waals surface area contributed by atoms with E-state index in [4.69, 9.17) is 0 Å². The van der Waals surface area contributed by atoms with Crippen molar-refractivity contribution in [3.8, 4) is 0 Å². The van der Waals surface area contributed by atoms with Crippen molar-refractivity contribution in [3.05, 3.63) is 42.6 Å². The Bertz CT molecular complexity index is 710. The zero-order valence-corrected chi connectivity index (χ0v) is 13.6. The fourth-order valence-electron chi connectivity index (χ4n) is 4.10. The smallest absolute Gasteiger partial charge is 0.274 e. The molecule has 1 aliphatic heterocycles. The van der Waals surface area contributed by atoms with Gasteiger partial charge in [-0.25, -0.2) is 4.98 Å². The Balaban J connectivity index is 1.48. The molecule has 7 nitrogen and oxygen atoms in total. The van der Waals surface area contributed by atoms with Crippen molar-refractivity contribution in [1.29, 1.82) is 0 Å². The summed E-state index contributed by atoms with van der Waals surface area (Å²) in [5.74, 6) is 1.90. The van der Waals surface area contributed by atoms with E-state index in [0.717, 1.165) is 31.7 Å². The second-order valence-electron chi connectivity index (χ2n) is 6.56. The molecule has 2 aromatic rings. The minimum atomic E-state index is -0.0154. The number of hydrogen-bond acceptors (Lipinski definition) is 6. The molecule has 124 valence electrons. The van der Waals surface area contributed by atoms with E-state index in [-0.39, 0.29) is 5.91 Å². The lowest BCUT2D eigenvalue weighted by molar-refractivity contribution is 0.0772. The van der Waals surface area contributed by atoms with Gasteiger partial charge in [-0.2, -0.15) is 5.10 Å². The van der Waals surface area contributed by atoms with Crippen LogP contribution in [0, 0.1) is 11.8 Å². The van der Waals surface area contributed by atoms with E-state index < -0.39 is 0 Å². The number of likely N-dealkylation sites (tertiary alicyclic amines) is 1. The summed E-state index contributed by atoms with van der Waals surface area (Å²) in [5, 5.41) is 7.76. The minimum absolute atomic E-state index is 0.0154. The van der Waals surface area contributed by atoms with Crippen LogP contribution in [0.25, 0.3) is 0 Å². The van der Waals surface area contributed by atoms with Crippen molar-refractivity contribution in [2.24, 2.45) is 11.8 Å². The van der Waals surface area contributed by atoms with Gasteiger partial charge >= 0.3 is 0 Å². The van der Waals surface area contributed by atoms with Gasteiger partial charge in [-0.15, -0.1) is 5.10 Å². The second-order valence-corrected chi connectivity index (χ2v) is 6.56. The maximum absolute atomic E-state index is 12.6. The van der Waals surface area contributed by atoms with Gasteiger partial charge in [0.1, 0.15) is 5.82 Å². The summed E-state index contributed by atoms with van der Waals surface area (Å²) in [4.78, 5) is 25.3. The highest BCUT2D eigenvalue weighted by molar-refractivity contribution is 5.92. The molecule has 3 atom stereocenters. The molecule has 24 heavy (non-hydrogen) atoms. The molecule has 0 radical (unpaired) electrons. The van der Waals surface area contributed by atoms with E-state index in [1.54, 1.807) is 36.9 Å². The molecule has 2 aliphatic rings. The second kappa shape index (κ2) is 6.14. The van der Waals surface area contributed by atoms with Crippen LogP contribution in [0.4, 0.5) is 5.82 Å². The third-order valence-electron chi connectivity index (χ3n) is 5.31. The number of aromatic nitrogens is 4. The molecular formula is C17H20N6O. The molecule has 4 rings (SSSR count). The highest BCUT2D eigenvalue weighted by atomic mass is 16.2. The molecule has 0 bridgehead atoms. The number of nitrogens with zero attached hydrogens (tertiary/aromatic N) is 6. The first-order chi connectivity index (χ1) is 11.7. The Morgan fingerprint density at radius 2 is 2.17 bits per heavy atom. The molecule has 0 N–H and O–H groups in total. The Morgan fingerprint density at radius 3 is 2.92 bits per heavy atom. The Kier molecular flexibility index (Phi) is 3.84. The van der Waals surface area contributed by atoms with Crippen molar-refractivity contribution in [2.45, 2.75) is 18.9 Å². The number of amides is 1. The summed E-state index contributed by atoms with van der Waals surface area (Å²) in [6.45, 7) is 1.58. The van der Waals surface area contributed by atoms with Crippen LogP contribution in [0.2, 0.25) is 0 Å². The van der Waals surface area contributed by atoms with E-state index in [1.165, 1.54) is 0 Å². The van der Waals surface area contributed by atoms with E-state index in [1.807, 2.05) is 4.90 Å². The van der Waals surface area contributed by atoms with Gasteiger partial charge in [-0.3, -0.25) is 9.78 Å². The average molecular weight is 324 g/mol. The zero-order valence-electron chi connectivity index (χ0n) is 13.6. The standard InChI is InChI=1S/C17H20N6O/c1-22(16-9-18-7-8-19-16)15-5-4-12-10-23(11-13(12)15)17(24)14-3-2-6-20-21-14/h2-3,6-9,12-13,15H,4-5,10-11H2,1H3/t12-,13+,15-/m1/s1. The van der Waals surface area contributed by atoms with E-state index in [9.17, 15) is 4.79 Å². The quantitative estimate of drug-likeness (QED) is 0.846. The maximum Gasteiger partial charge on any atom is 0.274 e. The van der Waals surface area contributed by atoms with E-state index in [2.05, 4.69) is 32.1 Å². The van der Waals surface area contributed by atoms with Gasteiger partial charge in [0, 0.05) is 50.7 Å². The lowest BCUT2D eigenvalue weighted by Gasteiger charge is -2.30. The van der Waals surface area contributed by atoms with Crippen molar-refractivity contribution in [1.82, 2.24) is 25.1 Å². The first-order valence-electron chi connectivity index (χ1n) is 8.30. The van der Waals surface area contributed by atoms with Gasteiger partial charge in [-0.1, -0.05) is 0 Å². The predicted molar refractivity (Wildman–Crippen MR) is 88.4 cm³/mol. The first-order valence-corrected chi connectivity index (χ1v) is 8.30. The molecular weight excluding hydrogens is 304 g/mol. The minimum Gasteiger partial charge on any atom is -0.355 e. The molecule has 0 spiro atoms. The van der Waals surface area contributed by atoms with E-state index in [0.29, 0.717) is 23.6 Å². The lowest BCUT2D eigenvalue weighted by atomic mass is 9.97. The Labute approximate surface area is 140 Å². The molecule has 3 heterocycles. The molecule has 0 unspecified atom stereocenters. The maximum atomic E-state index is 12.6. The van der Waals surface area contributed by atoms with Crippen LogP contribution in [0.1, 0.15) is 23.3 Å². The Hall–Kier alpha value is -2.57. The van der Waals surface area contributed by atoms with Gasteiger partial charge in [0.2, 0.25) is 0 Å². The number of rotatable bonds is 3. The van der Waals surface area contributed by atoms with E-state index >= 15 is 0 Å². The number of anilines is 1. The summed E-state index contributed by atoms with van der Waals surface area (Å²) in [6.07, 6.45) is 9.06. The van der Waals surface area contributed by atoms with Crippen LogP contribution < -0.4 is 4.90 Å². The highest BCUT2D eigenvalue weighted by Gasteiger charge is 2.46.